The number of rotatable bonds is 2. The fourth-order valence-electron chi connectivity index (χ4n) is 1.11. The van der Waals surface area contributed by atoms with Crippen molar-refractivity contribution < 1.29 is 9.53 Å². The molecule has 0 N–H and O–H groups in total. The van der Waals surface area contributed by atoms with Crippen LogP contribution in [0.15, 0.2) is 48.0 Å². The van der Waals surface area contributed by atoms with Gasteiger partial charge < -0.3 is 4.74 Å². The van der Waals surface area contributed by atoms with Crippen LogP contribution in [0, 0.1) is 0 Å². The van der Waals surface area contributed by atoms with E-state index in [2.05, 4.69) is 0 Å². The van der Waals surface area contributed by atoms with E-state index in [0.29, 0.717) is 19.5 Å². The molecule has 0 aliphatic carbocycles. The Morgan fingerprint density at radius 1 is 1.14 bits per heavy atom. The molecule has 2 rings (SSSR count). The Kier molecular flexibility index (Phi) is 2.66. The molecule has 0 aliphatic heterocycles. The largest absolute Gasteiger partial charge is 0.423 e. The zero-order valence-corrected chi connectivity index (χ0v) is 8.44. The standard InChI is InChI=1S/C11H9O2P/c12-11(9-4-2-1-3-5-9)13-10-6-7-14-8-10/h1-8,14H. The molecule has 1 aromatic carbocycles. The normalized spacial score (nSPS) is 10.3. The fraction of sp³-hybridized carbons (Fsp3) is 0. The summed E-state index contributed by atoms with van der Waals surface area (Å²) in [4.78, 5) is 11.5. The van der Waals surface area contributed by atoms with Gasteiger partial charge in [-0.25, -0.2) is 4.79 Å². The number of hydrogen-bond donors (Lipinski definition) is 0. The van der Waals surface area contributed by atoms with Crippen molar-refractivity contribution in [1.29, 1.82) is 0 Å². The molecule has 2 aromatic rings. The van der Waals surface area contributed by atoms with Crippen LogP contribution in [0.1, 0.15) is 10.4 Å². The smallest absolute Gasteiger partial charge is 0.343 e. The number of esters is 1. The van der Waals surface area contributed by atoms with Crippen LogP contribution < -0.4 is 4.74 Å². The van der Waals surface area contributed by atoms with E-state index in [1.807, 2.05) is 35.9 Å². The third kappa shape index (κ3) is 2.04. The average molecular weight is 204 g/mol. The number of benzene rings is 1. The van der Waals surface area contributed by atoms with E-state index in [1.54, 1.807) is 12.1 Å². The van der Waals surface area contributed by atoms with E-state index in [-0.39, 0.29) is 5.97 Å². The van der Waals surface area contributed by atoms with Crippen LogP contribution in [-0.2, 0) is 0 Å². The van der Waals surface area contributed by atoms with E-state index >= 15 is 0 Å². The maximum absolute atomic E-state index is 11.5. The van der Waals surface area contributed by atoms with Crippen molar-refractivity contribution >= 4 is 14.2 Å². The van der Waals surface area contributed by atoms with Crippen molar-refractivity contribution in [2.75, 3.05) is 0 Å². The van der Waals surface area contributed by atoms with Crippen LogP contribution in [0.2, 0.25) is 0 Å². The SMILES string of the molecule is O=C(Oc1cc[pH]c1)c1ccccc1. The maximum atomic E-state index is 11.5. The predicted molar refractivity (Wildman–Crippen MR) is 57.3 cm³/mol. The van der Waals surface area contributed by atoms with Gasteiger partial charge in [0.05, 0.1) is 5.56 Å². The molecule has 14 heavy (non-hydrogen) atoms. The molecule has 3 heteroatoms. The van der Waals surface area contributed by atoms with Gasteiger partial charge >= 0.3 is 5.97 Å². The molecule has 0 aliphatic rings. The van der Waals surface area contributed by atoms with Crippen LogP contribution in [0.25, 0.3) is 0 Å². The highest BCUT2D eigenvalue weighted by Crippen LogP contribution is 2.19. The van der Waals surface area contributed by atoms with Crippen molar-refractivity contribution in [3.63, 3.8) is 0 Å². The maximum Gasteiger partial charge on any atom is 0.343 e. The molecule has 1 heterocycles. The zero-order valence-electron chi connectivity index (χ0n) is 7.44. The third-order valence-corrected chi connectivity index (χ3v) is 2.60. The number of carbonyl (C=O) groups excluding carboxylic acids is 1. The molecule has 0 amide bonds. The van der Waals surface area contributed by atoms with Gasteiger partial charge in [-0.1, -0.05) is 18.2 Å². The first-order chi connectivity index (χ1) is 6.86. The van der Waals surface area contributed by atoms with Crippen LogP contribution >= 0.6 is 8.19 Å². The summed E-state index contributed by atoms with van der Waals surface area (Å²) in [6, 6.07) is 10.8. The molecule has 1 atom stereocenters. The van der Waals surface area contributed by atoms with E-state index in [0.717, 1.165) is 0 Å². The molecular formula is C11H9O2P. The van der Waals surface area contributed by atoms with Gasteiger partial charge in [-0.3, -0.25) is 0 Å². The van der Waals surface area contributed by atoms with Crippen LogP contribution in [0.5, 0.6) is 5.75 Å². The highest BCUT2D eigenvalue weighted by atomic mass is 31.0. The minimum Gasteiger partial charge on any atom is -0.423 e. The van der Waals surface area contributed by atoms with Crippen molar-refractivity contribution in [2.45, 2.75) is 0 Å². The molecule has 0 saturated heterocycles. The quantitative estimate of drug-likeness (QED) is 0.703. The van der Waals surface area contributed by atoms with E-state index in [9.17, 15) is 4.79 Å². The van der Waals surface area contributed by atoms with Crippen LogP contribution in [0.3, 0.4) is 0 Å². The second kappa shape index (κ2) is 4.12. The molecular weight excluding hydrogens is 195 g/mol. The van der Waals surface area contributed by atoms with Gasteiger partial charge in [-0.05, 0) is 29.8 Å². The first-order valence-electron chi connectivity index (χ1n) is 4.26. The lowest BCUT2D eigenvalue weighted by atomic mass is 10.2. The van der Waals surface area contributed by atoms with Gasteiger partial charge in [-0.15, -0.1) is 8.19 Å². The lowest BCUT2D eigenvalue weighted by Gasteiger charge is -2.00. The Morgan fingerprint density at radius 3 is 2.57 bits per heavy atom. The monoisotopic (exact) mass is 204 g/mol. The molecule has 0 bridgehead atoms. The van der Waals surface area contributed by atoms with Gasteiger partial charge in [0.25, 0.3) is 0 Å². The second-order valence-electron chi connectivity index (χ2n) is 2.80. The Bertz CT molecular complexity index is 406. The molecule has 2 nitrogen and oxygen atoms in total. The summed E-state index contributed by atoms with van der Waals surface area (Å²) in [5.74, 6) is 4.24. The van der Waals surface area contributed by atoms with Gasteiger partial charge in [0.1, 0.15) is 5.75 Å². The third-order valence-electron chi connectivity index (χ3n) is 1.79. The van der Waals surface area contributed by atoms with Gasteiger partial charge in [0, 0.05) is 0 Å². The summed E-state index contributed by atoms with van der Waals surface area (Å²) in [5.41, 5.74) is 0.581. The van der Waals surface area contributed by atoms with Gasteiger partial charge in [0.2, 0.25) is 0 Å². The first-order valence-corrected chi connectivity index (χ1v) is 5.42. The summed E-state index contributed by atoms with van der Waals surface area (Å²) < 4.78 is 5.14. The summed E-state index contributed by atoms with van der Waals surface area (Å²) in [6.45, 7) is 0. The summed E-state index contributed by atoms with van der Waals surface area (Å²) >= 11 is 0. The van der Waals surface area contributed by atoms with Crippen molar-refractivity contribution in [1.82, 2.24) is 0 Å². The Balaban J connectivity index is 2.11. The summed E-state index contributed by atoms with van der Waals surface area (Å²) in [5, 5.41) is 0. The highest BCUT2D eigenvalue weighted by Gasteiger charge is 2.06. The van der Waals surface area contributed by atoms with Crippen molar-refractivity contribution in [3.8, 4) is 5.75 Å². The summed E-state index contributed by atoms with van der Waals surface area (Å²) in [6.07, 6.45) is 0. The number of carbonyl (C=O) groups is 1. The van der Waals surface area contributed by atoms with E-state index in [1.165, 1.54) is 0 Å². The van der Waals surface area contributed by atoms with E-state index in [4.69, 9.17) is 4.74 Å². The molecule has 0 radical (unpaired) electrons. The molecule has 70 valence electrons. The number of ether oxygens (including phenoxy) is 1. The molecule has 0 fully saturated rings. The summed E-state index contributed by atoms with van der Waals surface area (Å²) in [7, 11) is 0.626. The lowest BCUT2D eigenvalue weighted by Crippen LogP contribution is -2.07. The zero-order chi connectivity index (χ0) is 9.80. The van der Waals surface area contributed by atoms with Crippen LogP contribution in [-0.4, -0.2) is 5.97 Å². The predicted octanol–water partition coefficient (Wildman–Crippen LogP) is 2.94. The van der Waals surface area contributed by atoms with Crippen molar-refractivity contribution in [2.24, 2.45) is 0 Å². The lowest BCUT2D eigenvalue weighted by molar-refractivity contribution is 0.0735. The van der Waals surface area contributed by atoms with Crippen molar-refractivity contribution in [3.05, 3.63) is 53.6 Å². The first kappa shape index (κ1) is 9.04. The highest BCUT2D eigenvalue weighted by molar-refractivity contribution is 7.28. The van der Waals surface area contributed by atoms with Gasteiger partial charge in [0.15, 0.2) is 0 Å². The topological polar surface area (TPSA) is 26.3 Å². The molecule has 0 spiro atoms. The number of hydrogen-bond acceptors (Lipinski definition) is 2. The van der Waals surface area contributed by atoms with Crippen LogP contribution in [0.4, 0.5) is 0 Å². The second-order valence-corrected chi connectivity index (χ2v) is 3.76. The Hall–Kier alpha value is -1.53. The minimum atomic E-state index is -0.298. The Morgan fingerprint density at radius 2 is 1.93 bits per heavy atom. The Labute approximate surface area is 83.6 Å². The molecule has 1 aromatic heterocycles. The minimum absolute atomic E-state index is 0.298. The van der Waals surface area contributed by atoms with Gasteiger partial charge in [-0.2, -0.15) is 0 Å². The average Bonchev–Trinajstić information content (AvgIpc) is 2.72. The molecule has 1 unspecified atom stereocenters. The van der Waals surface area contributed by atoms with E-state index < -0.39 is 0 Å². The fourth-order valence-corrected chi connectivity index (χ4v) is 1.79. The molecule has 0 saturated carbocycles.